The van der Waals surface area contributed by atoms with Crippen molar-refractivity contribution in [3.05, 3.63) is 52.6 Å². The van der Waals surface area contributed by atoms with Crippen molar-refractivity contribution in [3.8, 4) is 0 Å². The predicted molar refractivity (Wildman–Crippen MR) is 90.6 cm³/mol. The number of carbonyl (C=O) groups is 2. The molecule has 2 aromatic carbocycles. The molecule has 0 saturated carbocycles. The van der Waals surface area contributed by atoms with E-state index in [9.17, 15) is 9.59 Å². The molecule has 1 heterocycles. The highest BCUT2D eigenvalue weighted by molar-refractivity contribution is 6.26. The van der Waals surface area contributed by atoms with Crippen LogP contribution in [0.1, 0.15) is 31.8 Å². The summed E-state index contributed by atoms with van der Waals surface area (Å²) in [4.78, 5) is 29.0. The molecule has 2 aliphatic rings. The number of rotatable bonds is 3. The summed E-state index contributed by atoms with van der Waals surface area (Å²) in [6.45, 7) is 1.07. The van der Waals surface area contributed by atoms with Crippen LogP contribution in [0.5, 0.6) is 0 Å². The number of carbonyl (C=O) groups excluding carboxylic acids is 2. The second-order valence-electron chi connectivity index (χ2n) is 6.39. The minimum atomic E-state index is -0.180. The van der Waals surface area contributed by atoms with Crippen LogP contribution >= 0.6 is 0 Å². The lowest BCUT2D eigenvalue weighted by Gasteiger charge is -2.29. The number of fused-ring (bicyclic) bond motifs is 2. The molecule has 0 aromatic heterocycles. The molecule has 4 rings (SSSR count). The Morgan fingerprint density at radius 1 is 1.13 bits per heavy atom. The average Bonchev–Trinajstić information content (AvgIpc) is 3.00. The maximum Gasteiger partial charge on any atom is 0.261 e. The Kier molecular flexibility index (Phi) is 3.10. The number of nitrogens with zero attached hydrogens (tertiary/aromatic N) is 2. The molecule has 0 N–H and O–H groups in total. The van der Waals surface area contributed by atoms with E-state index in [1.165, 1.54) is 10.5 Å². The average molecular weight is 306 g/mol. The standard InChI is InChI=1S/C19H18N2O2/c1-20(2)9-10-21-18(22)15-8-4-7-14-13-6-3-5-12(13)11-16(17(14)15)19(21)23/h3-5,7-8,11H,6,9-10H2,1-2H3. The molecule has 2 aromatic rings. The van der Waals surface area contributed by atoms with Crippen molar-refractivity contribution >= 4 is 28.7 Å². The molecule has 0 radical (unpaired) electrons. The number of amides is 2. The second kappa shape index (κ2) is 5.03. The molecule has 0 unspecified atom stereocenters. The molecule has 0 bridgehead atoms. The van der Waals surface area contributed by atoms with Crippen LogP contribution in [-0.2, 0) is 6.42 Å². The normalized spacial score (nSPS) is 15.9. The van der Waals surface area contributed by atoms with Gasteiger partial charge in [-0.15, -0.1) is 0 Å². The largest absolute Gasteiger partial charge is 0.308 e. The number of imide groups is 1. The van der Waals surface area contributed by atoms with Crippen LogP contribution in [0, 0.1) is 0 Å². The van der Waals surface area contributed by atoms with Crippen molar-refractivity contribution in [2.24, 2.45) is 0 Å². The van der Waals surface area contributed by atoms with Crippen LogP contribution in [-0.4, -0.2) is 48.8 Å². The lowest BCUT2D eigenvalue weighted by atomic mass is 9.89. The zero-order valence-electron chi connectivity index (χ0n) is 13.3. The maximum absolute atomic E-state index is 12.9. The van der Waals surface area contributed by atoms with Crippen molar-refractivity contribution in [3.63, 3.8) is 0 Å². The van der Waals surface area contributed by atoms with E-state index in [0.717, 1.165) is 22.8 Å². The van der Waals surface area contributed by atoms with Crippen molar-refractivity contribution in [1.82, 2.24) is 9.80 Å². The van der Waals surface area contributed by atoms with Crippen molar-refractivity contribution in [1.29, 1.82) is 0 Å². The number of benzene rings is 2. The van der Waals surface area contributed by atoms with E-state index in [1.807, 2.05) is 43.3 Å². The Morgan fingerprint density at radius 2 is 1.91 bits per heavy atom. The van der Waals surface area contributed by atoms with E-state index in [0.29, 0.717) is 24.2 Å². The summed E-state index contributed by atoms with van der Waals surface area (Å²) in [6.07, 6.45) is 5.03. The van der Waals surface area contributed by atoms with Crippen molar-refractivity contribution in [2.75, 3.05) is 27.2 Å². The van der Waals surface area contributed by atoms with Gasteiger partial charge in [0.1, 0.15) is 0 Å². The zero-order chi connectivity index (χ0) is 16.1. The quantitative estimate of drug-likeness (QED) is 0.818. The van der Waals surface area contributed by atoms with Gasteiger partial charge in [0.2, 0.25) is 0 Å². The van der Waals surface area contributed by atoms with Crippen LogP contribution in [0.3, 0.4) is 0 Å². The minimum Gasteiger partial charge on any atom is -0.308 e. The van der Waals surface area contributed by atoms with E-state index in [-0.39, 0.29) is 11.8 Å². The lowest BCUT2D eigenvalue weighted by molar-refractivity contribution is 0.0601. The molecule has 1 aliphatic heterocycles. The van der Waals surface area contributed by atoms with Gasteiger partial charge in [0.25, 0.3) is 11.8 Å². The van der Waals surface area contributed by atoms with E-state index in [4.69, 9.17) is 0 Å². The first kappa shape index (κ1) is 14.2. The molecule has 4 heteroatoms. The second-order valence-corrected chi connectivity index (χ2v) is 6.39. The summed E-state index contributed by atoms with van der Waals surface area (Å²) >= 11 is 0. The highest BCUT2D eigenvalue weighted by Crippen LogP contribution is 2.36. The van der Waals surface area contributed by atoms with E-state index in [2.05, 4.69) is 12.2 Å². The highest BCUT2D eigenvalue weighted by atomic mass is 16.2. The first-order valence-electron chi connectivity index (χ1n) is 7.84. The monoisotopic (exact) mass is 306 g/mol. The molecule has 0 fully saturated rings. The van der Waals surface area contributed by atoms with Crippen LogP contribution in [0.2, 0.25) is 0 Å². The van der Waals surface area contributed by atoms with E-state index in [1.54, 1.807) is 0 Å². The molecule has 1 aliphatic carbocycles. The summed E-state index contributed by atoms with van der Waals surface area (Å²) < 4.78 is 0. The van der Waals surface area contributed by atoms with Gasteiger partial charge in [-0.25, -0.2) is 0 Å². The fraction of sp³-hybridized carbons (Fsp3) is 0.263. The number of likely N-dealkylation sites (N-methyl/N-ethyl adjacent to an activating group) is 1. The third-order valence-electron chi connectivity index (χ3n) is 4.65. The van der Waals surface area contributed by atoms with Gasteiger partial charge in [-0.1, -0.05) is 24.3 Å². The Morgan fingerprint density at radius 3 is 2.70 bits per heavy atom. The number of hydrogen-bond acceptors (Lipinski definition) is 3. The van der Waals surface area contributed by atoms with Gasteiger partial charge in [0.05, 0.1) is 0 Å². The topological polar surface area (TPSA) is 40.6 Å². The van der Waals surface area contributed by atoms with Crippen LogP contribution in [0.25, 0.3) is 16.8 Å². The third kappa shape index (κ3) is 2.02. The molecular weight excluding hydrogens is 288 g/mol. The molecule has 0 atom stereocenters. The summed E-state index contributed by atoms with van der Waals surface area (Å²) in [6, 6.07) is 7.71. The number of allylic oxidation sites excluding steroid dienone is 1. The summed E-state index contributed by atoms with van der Waals surface area (Å²) in [5.41, 5.74) is 3.61. The zero-order valence-corrected chi connectivity index (χ0v) is 13.3. The fourth-order valence-corrected chi connectivity index (χ4v) is 3.48. The van der Waals surface area contributed by atoms with Gasteiger partial charge >= 0.3 is 0 Å². The van der Waals surface area contributed by atoms with Gasteiger partial charge in [0.15, 0.2) is 0 Å². The van der Waals surface area contributed by atoms with Crippen molar-refractivity contribution < 1.29 is 9.59 Å². The highest BCUT2D eigenvalue weighted by Gasteiger charge is 2.33. The van der Waals surface area contributed by atoms with E-state index >= 15 is 0 Å². The van der Waals surface area contributed by atoms with Gasteiger partial charge in [0, 0.05) is 29.6 Å². The Balaban J connectivity index is 1.92. The molecule has 0 saturated heterocycles. The minimum absolute atomic E-state index is 0.177. The molecule has 2 amide bonds. The van der Waals surface area contributed by atoms with Crippen LogP contribution in [0.15, 0.2) is 30.3 Å². The van der Waals surface area contributed by atoms with Gasteiger partial charge in [-0.05, 0) is 49.2 Å². The van der Waals surface area contributed by atoms with Gasteiger partial charge in [-0.3, -0.25) is 14.5 Å². The first-order chi connectivity index (χ1) is 11.1. The fourth-order valence-electron chi connectivity index (χ4n) is 3.48. The third-order valence-corrected chi connectivity index (χ3v) is 4.65. The van der Waals surface area contributed by atoms with Gasteiger partial charge < -0.3 is 4.90 Å². The first-order valence-corrected chi connectivity index (χ1v) is 7.84. The van der Waals surface area contributed by atoms with Gasteiger partial charge in [-0.2, -0.15) is 0 Å². The molecule has 0 spiro atoms. The summed E-state index contributed by atoms with van der Waals surface area (Å²) in [5, 5.41) is 1.86. The van der Waals surface area contributed by atoms with Crippen molar-refractivity contribution in [2.45, 2.75) is 6.42 Å². The Bertz CT molecular complexity index is 881. The SMILES string of the molecule is CN(C)CCN1C(=O)c2cccc3c4c(cc(c23)C1=O)C=CC4. The summed E-state index contributed by atoms with van der Waals surface area (Å²) in [7, 11) is 3.87. The Hall–Kier alpha value is -2.46. The lowest BCUT2D eigenvalue weighted by Crippen LogP contribution is -2.43. The van der Waals surface area contributed by atoms with Crippen LogP contribution in [0.4, 0.5) is 0 Å². The van der Waals surface area contributed by atoms with E-state index < -0.39 is 0 Å². The predicted octanol–water partition coefficient (Wildman–Crippen LogP) is 2.57. The number of hydrogen-bond donors (Lipinski definition) is 0. The molecule has 4 nitrogen and oxygen atoms in total. The maximum atomic E-state index is 12.9. The smallest absolute Gasteiger partial charge is 0.261 e. The summed E-state index contributed by atoms with van der Waals surface area (Å²) in [5.74, 6) is -0.357. The van der Waals surface area contributed by atoms with Crippen LogP contribution < -0.4 is 0 Å². The molecule has 23 heavy (non-hydrogen) atoms. The Labute approximate surface area is 135 Å². The molecular formula is C19H18N2O2. The molecule has 116 valence electrons.